The van der Waals surface area contributed by atoms with Crippen molar-refractivity contribution in [3.8, 4) is 0 Å². The van der Waals surface area contributed by atoms with E-state index in [1.165, 1.54) is 0 Å². The maximum Gasteiger partial charge on any atom is 0.410 e. The molecule has 1 unspecified atom stereocenters. The Balaban J connectivity index is 1.55. The number of amides is 3. The highest BCUT2D eigenvalue weighted by molar-refractivity contribution is 6.35. The first-order valence-corrected chi connectivity index (χ1v) is 13.4. The summed E-state index contributed by atoms with van der Waals surface area (Å²) in [6, 6.07) is 11.3. The van der Waals surface area contributed by atoms with Crippen LogP contribution in [0.15, 0.2) is 36.4 Å². The largest absolute Gasteiger partial charge is 0.444 e. The first-order chi connectivity index (χ1) is 17.5. The van der Waals surface area contributed by atoms with Gasteiger partial charge in [0.1, 0.15) is 5.60 Å². The number of halogens is 1. The number of nitrogens with zero attached hydrogens (tertiary/aromatic N) is 2. The maximum atomic E-state index is 14.2. The molecule has 0 aromatic heterocycles. The zero-order valence-corrected chi connectivity index (χ0v) is 22.4. The van der Waals surface area contributed by atoms with E-state index in [0.717, 1.165) is 55.3 Å². The molecule has 2 N–H and O–H groups in total. The number of likely N-dealkylation sites (tertiary alicyclic amines) is 1. The number of carbonyl (C=O) groups is 3. The molecular weight excluding hydrogens is 490 g/mol. The van der Waals surface area contributed by atoms with Crippen molar-refractivity contribution in [3.05, 3.63) is 58.1 Å². The lowest BCUT2D eigenvalue weighted by Gasteiger charge is -2.32. The van der Waals surface area contributed by atoms with Crippen LogP contribution in [0.5, 0.6) is 0 Å². The molecule has 37 heavy (non-hydrogen) atoms. The van der Waals surface area contributed by atoms with Crippen molar-refractivity contribution >= 4 is 40.9 Å². The van der Waals surface area contributed by atoms with Crippen LogP contribution in [0.2, 0.25) is 5.02 Å². The zero-order chi connectivity index (χ0) is 26.5. The summed E-state index contributed by atoms with van der Waals surface area (Å²) in [4.78, 5) is 42.7. The summed E-state index contributed by atoms with van der Waals surface area (Å²) in [5, 5.41) is 0.226. The van der Waals surface area contributed by atoms with Gasteiger partial charge in [-0.15, -0.1) is 0 Å². The molecule has 0 bridgehead atoms. The first kappa shape index (κ1) is 25.6. The van der Waals surface area contributed by atoms with Crippen molar-refractivity contribution < 1.29 is 19.1 Å². The van der Waals surface area contributed by atoms with E-state index in [-0.39, 0.29) is 28.5 Å². The topological polar surface area (TPSA) is 92.9 Å². The van der Waals surface area contributed by atoms with E-state index in [2.05, 4.69) is 18.2 Å². The fourth-order valence-electron chi connectivity index (χ4n) is 6.18. The number of rotatable bonds is 3. The Morgan fingerprint density at radius 1 is 1.08 bits per heavy atom. The van der Waals surface area contributed by atoms with Crippen molar-refractivity contribution in [1.29, 1.82) is 0 Å². The molecule has 2 aromatic carbocycles. The molecule has 1 aliphatic carbocycles. The number of carbonyl (C=O) groups excluding carboxylic acids is 3. The van der Waals surface area contributed by atoms with Crippen molar-refractivity contribution in [2.75, 3.05) is 18.0 Å². The third-order valence-corrected chi connectivity index (χ3v) is 8.20. The van der Waals surface area contributed by atoms with Gasteiger partial charge in [-0.3, -0.25) is 14.5 Å². The molecule has 3 amide bonds. The van der Waals surface area contributed by atoms with Crippen molar-refractivity contribution in [1.82, 2.24) is 4.90 Å². The summed E-state index contributed by atoms with van der Waals surface area (Å²) < 4.78 is 5.57. The molecule has 7 nitrogen and oxygen atoms in total. The van der Waals surface area contributed by atoms with Gasteiger partial charge in [0.05, 0.1) is 27.4 Å². The second kappa shape index (κ2) is 9.35. The lowest BCUT2D eigenvalue weighted by Crippen LogP contribution is -2.40. The molecule has 196 valence electrons. The molecule has 8 heteroatoms. The summed E-state index contributed by atoms with van der Waals surface area (Å²) in [5.74, 6) is -0.571. The standard InChI is InChI=1S/C29H34ClN3O4/c1-28(2,3)37-27(36)32-15-12-19(17-32)18-10-11-20-23(16-18)33(26(35)29(20)13-5-4-6-14-29)22-9-7-8-21(30)24(22)25(31)34/h7-11,16,19H,4-6,12-15,17H2,1-3H3,(H2,31,34). The van der Waals surface area contributed by atoms with E-state index in [0.29, 0.717) is 18.8 Å². The number of fused-ring (bicyclic) bond motifs is 2. The van der Waals surface area contributed by atoms with Gasteiger partial charge in [0, 0.05) is 19.0 Å². The van der Waals surface area contributed by atoms with Gasteiger partial charge < -0.3 is 15.4 Å². The second-order valence-electron chi connectivity index (χ2n) is 11.5. The third kappa shape index (κ3) is 4.48. The molecular formula is C29H34ClN3O4. The number of benzene rings is 2. The van der Waals surface area contributed by atoms with E-state index < -0.39 is 16.9 Å². The molecule has 2 heterocycles. The number of hydrogen-bond donors (Lipinski definition) is 1. The van der Waals surface area contributed by atoms with E-state index in [1.807, 2.05) is 20.8 Å². The van der Waals surface area contributed by atoms with Gasteiger partial charge >= 0.3 is 6.09 Å². The minimum Gasteiger partial charge on any atom is -0.444 e. The lowest BCUT2D eigenvalue weighted by atomic mass is 9.70. The average Bonchev–Trinajstić information content (AvgIpc) is 3.41. The van der Waals surface area contributed by atoms with Crippen LogP contribution in [-0.4, -0.2) is 41.5 Å². The van der Waals surface area contributed by atoms with Crippen molar-refractivity contribution in [2.45, 2.75) is 76.2 Å². The highest BCUT2D eigenvalue weighted by atomic mass is 35.5. The van der Waals surface area contributed by atoms with Gasteiger partial charge in [-0.05, 0) is 69.4 Å². The minimum absolute atomic E-state index is 0.0223. The Morgan fingerprint density at radius 2 is 1.81 bits per heavy atom. The Bertz CT molecular complexity index is 1260. The van der Waals surface area contributed by atoms with Crippen molar-refractivity contribution in [3.63, 3.8) is 0 Å². The maximum absolute atomic E-state index is 14.2. The van der Waals surface area contributed by atoms with Gasteiger partial charge in [-0.25, -0.2) is 4.79 Å². The third-order valence-electron chi connectivity index (χ3n) is 7.89. The van der Waals surface area contributed by atoms with E-state index in [9.17, 15) is 14.4 Å². The quantitative estimate of drug-likeness (QED) is 0.530. The SMILES string of the molecule is CC(C)(C)OC(=O)N1CCC(c2ccc3c(c2)N(c2cccc(Cl)c2C(N)=O)C(=O)C32CCCCC2)C1. The van der Waals surface area contributed by atoms with E-state index in [1.54, 1.807) is 28.0 Å². The molecule has 1 spiro atoms. The molecule has 3 aliphatic rings. The van der Waals surface area contributed by atoms with Crippen molar-refractivity contribution in [2.24, 2.45) is 5.73 Å². The van der Waals surface area contributed by atoms with E-state index >= 15 is 0 Å². The van der Waals surface area contributed by atoms with Crippen LogP contribution in [0.1, 0.15) is 86.7 Å². The molecule has 0 radical (unpaired) electrons. The van der Waals surface area contributed by atoms with Crippen LogP contribution < -0.4 is 10.6 Å². The predicted octanol–water partition coefficient (Wildman–Crippen LogP) is 6.04. The Kier molecular flexibility index (Phi) is 6.47. The second-order valence-corrected chi connectivity index (χ2v) is 11.9. The molecule has 2 fully saturated rings. The fourth-order valence-corrected chi connectivity index (χ4v) is 6.44. The highest BCUT2D eigenvalue weighted by Gasteiger charge is 2.52. The van der Waals surface area contributed by atoms with Gasteiger partial charge in [0.25, 0.3) is 5.91 Å². The number of anilines is 2. The smallest absolute Gasteiger partial charge is 0.410 e. The van der Waals surface area contributed by atoms with E-state index in [4.69, 9.17) is 22.1 Å². The molecule has 1 saturated heterocycles. The molecule has 5 rings (SSSR count). The summed E-state index contributed by atoms with van der Waals surface area (Å²) in [6.45, 7) is 6.76. The average molecular weight is 524 g/mol. The number of primary amides is 1. The van der Waals surface area contributed by atoms with Gasteiger partial charge in [-0.2, -0.15) is 0 Å². The Morgan fingerprint density at radius 3 is 2.49 bits per heavy atom. The summed E-state index contributed by atoms with van der Waals surface area (Å²) >= 11 is 6.39. The Labute approximate surface area is 222 Å². The van der Waals surface area contributed by atoms with Crippen LogP contribution in [0.25, 0.3) is 0 Å². The monoisotopic (exact) mass is 523 g/mol. The number of ether oxygens (including phenoxy) is 1. The molecule has 2 aromatic rings. The normalized spacial score (nSPS) is 20.9. The summed E-state index contributed by atoms with van der Waals surface area (Å²) in [6.07, 6.45) is 5.11. The Hall–Kier alpha value is -3.06. The number of hydrogen-bond acceptors (Lipinski definition) is 4. The van der Waals surface area contributed by atoms with Gasteiger partial charge in [0.15, 0.2) is 0 Å². The van der Waals surface area contributed by atoms with Gasteiger partial charge in [-0.1, -0.05) is 49.1 Å². The zero-order valence-electron chi connectivity index (χ0n) is 21.7. The predicted molar refractivity (Wildman–Crippen MR) is 143 cm³/mol. The van der Waals surface area contributed by atoms with Crippen LogP contribution in [-0.2, 0) is 14.9 Å². The summed E-state index contributed by atoms with van der Waals surface area (Å²) in [7, 11) is 0. The highest BCUT2D eigenvalue weighted by Crippen LogP contribution is 2.54. The number of nitrogens with two attached hydrogens (primary N) is 1. The van der Waals surface area contributed by atoms with Crippen LogP contribution in [0, 0.1) is 0 Å². The lowest BCUT2D eigenvalue weighted by molar-refractivity contribution is -0.123. The molecule has 1 saturated carbocycles. The first-order valence-electron chi connectivity index (χ1n) is 13.1. The summed E-state index contributed by atoms with van der Waals surface area (Å²) in [5.41, 5.74) is 7.98. The minimum atomic E-state index is -0.667. The van der Waals surface area contributed by atoms with Crippen LogP contribution in [0.4, 0.5) is 16.2 Å². The fraction of sp³-hybridized carbons (Fsp3) is 0.483. The molecule has 1 atom stereocenters. The van der Waals surface area contributed by atoms with Crippen LogP contribution >= 0.6 is 11.6 Å². The van der Waals surface area contributed by atoms with Crippen LogP contribution in [0.3, 0.4) is 0 Å². The van der Waals surface area contributed by atoms with Gasteiger partial charge in [0.2, 0.25) is 5.91 Å². The molecule has 2 aliphatic heterocycles.